The van der Waals surface area contributed by atoms with E-state index in [-0.39, 0.29) is 11.8 Å². The molecule has 0 fully saturated rings. The van der Waals surface area contributed by atoms with Gasteiger partial charge in [-0.3, -0.25) is 4.79 Å². The third-order valence-electron chi connectivity index (χ3n) is 3.77. The lowest BCUT2D eigenvalue weighted by Gasteiger charge is -2.22. The number of rotatable bonds is 8. The van der Waals surface area contributed by atoms with Crippen LogP contribution in [0.5, 0.6) is 5.75 Å². The van der Waals surface area contributed by atoms with Crippen molar-refractivity contribution in [3.05, 3.63) is 66.3 Å². The standard InChI is InChI=1S/C20H25N3O2/c1-5-13-25-18-10-8-7-9-16(18)14-23(6-2)20(24)17-11-12-21-19(22-17)15(3)4/h5,7-12,15H,1,6,13-14H2,2-4H3. The lowest BCUT2D eigenvalue weighted by molar-refractivity contribution is 0.0745. The van der Waals surface area contributed by atoms with Crippen molar-refractivity contribution < 1.29 is 9.53 Å². The number of hydrogen-bond acceptors (Lipinski definition) is 4. The number of hydrogen-bond donors (Lipinski definition) is 0. The first kappa shape index (κ1) is 18.6. The van der Waals surface area contributed by atoms with Crippen molar-refractivity contribution in [3.63, 3.8) is 0 Å². The normalized spacial score (nSPS) is 10.6. The van der Waals surface area contributed by atoms with Crippen molar-refractivity contribution >= 4 is 5.91 Å². The maximum absolute atomic E-state index is 12.9. The molecule has 0 saturated carbocycles. The van der Waals surface area contributed by atoms with Crippen molar-refractivity contribution in [2.24, 2.45) is 0 Å². The Morgan fingerprint density at radius 1 is 1.32 bits per heavy atom. The van der Waals surface area contributed by atoms with Crippen LogP contribution in [0, 0.1) is 0 Å². The van der Waals surface area contributed by atoms with Crippen molar-refractivity contribution in [1.82, 2.24) is 14.9 Å². The van der Waals surface area contributed by atoms with E-state index < -0.39 is 0 Å². The number of carbonyl (C=O) groups excluding carboxylic acids is 1. The minimum Gasteiger partial charge on any atom is -0.489 e. The zero-order valence-corrected chi connectivity index (χ0v) is 15.1. The van der Waals surface area contributed by atoms with E-state index in [1.807, 2.05) is 45.0 Å². The topological polar surface area (TPSA) is 55.3 Å². The number of amides is 1. The molecule has 1 amide bonds. The van der Waals surface area contributed by atoms with Crippen LogP contribution in [-0.4, -0.2) is 33.9 Å². The predicted octanol–water partition coefficient (Wildman–Crippen LogP) is 3.83. The molecular formula is C20H25N3O2. The van der Waals surface area contributed by atoms with Gasteiger partial charge in [-0.1, -0.05) is 44.7 Å². The van der Waals surface area contributed by atoms with Crippen LogP contribution in [0.1, 0.15) is 48.6 Å². The van der Waals surface area contributed by atoms with E-state index in [0.29, 0.717) is 31.2 Å². The van der Waals surface area contributed by atoms with E-state index in [1.54, 1.807) is 23.2 Å². The van der Waals surface area contributed by atoms with Crippen LogP contribution in [0.15, 0.2) is 49.2 Å². The summed E-state index contributed by atoms with van der Waals surface area (Å²) in [5.74, 6) is 1.51. The van der Waals surface area contributed by atoms with Gasteiger partial charge in [-0.05, 0) is 19.1 Å². The molecule has 5 heteroatoms. The molecule has 2 rings (SSSR count). The molecule has 5 nitrogen and oxygen atoms in total. The second-order valence-electron chi connectivity index (χ2n) is 5.98. The number of ether oxygens (including phenoxy) is 1. The summed E-state index contributed by atoms with van der Waals surface area (Å²) in [4.78, 5) is 23.2. The molecule has 2 aromatic rings. The molecule has 0 radical (unpaired) electrons. The van der Waals surface area contributed by atoms with Crippen LogP contribution >= 0.6 is 0 Å². The molecule has 25 heavy (non-hydrogen) atoms. The number of aromatic nitrogens is 2. The van der Waals surface area contributed by atoms with Crippen LogP contribution in [0.2, 0.25) is 0 Å². The second kappa shape index (κ2) is 8.97. The average molecular weight is 339 g/mol. The average Bonchev–Trinajstić information content (AvgIpc) is 2.64. The molecule has 1 heterocycles. The van der Waals surface area contributed by atoms with E-state index in [2.05, 4.69) is 16.5 Å². The second-order valence-corrected chi connectivity index (χ2v) is 5.98. The molecule has 0 bridgehead atoms. The molecule has 0 aliphatic rings. The van der Waals surface area contributed by atoms with Gasteiger partial charge in [0.1, 0.15) is 23.9 Å². The van der Waals surface area contributed by atoms with Gasteiger partial charge in [0.2, 0.25) is 0 Å². The minimum atomic E-state index is -0.106. The van der Waals surface area contributed by atoms with Crippen LogP contribution in [0.25, 0.3) is 0 Å². The molecule has 1 aromatic heterocycles. The first-order valence-electron chi connectivity index (χ1n) is 8.50. The molecule has 0 aliphatic carbocycles. The Kier molecular flexibility index (Phi) is 6.69. The quantitative estimate of drug-likeness (QED) is 0.686. The lowest BCUT2D eigenvalue weighted by Crippen LogP contribution is -2.31. The highest BCUT2D eigenvalue weighted by Crippen LogP contribution is 2.21. The summed E-state index contributed by atoms with van der Waals surface area (Å²) in [5.41, 5.74) is 1.38. The van der Waals surface area contributed by atoms with Crippen molar-refractivity contribution in [2.75, 3.05) is 13.2 Å². The lowest BCUT2D eigenvalue weighted by atomic mass is 10.1. The van der Waals surface area contributed by atoms with Crippen molar-refractivity contribution in [1.29, 1.82) is 0 Å². The molecule has 0 saturated heterocycles. The van der Waals surface area contributed by atoms with Gasteiger partial charge >= 0.3 is 0 Å². The zero-order valence-electron chi connectivity index (χ0n) is 15.1. The van der Waals surface area contributed by atoms with Gasteiger partial charge in [0, 0.05) is 30.8 Å². The van der Waals surface area contributed by atoms with E-state index in [0.717, 1.165) is 11.3 Å². The summed E-state index contributed by atoms with van der Waals surface area (Å²) in [6.07, 6.45) is 3.35. The van der Waals surface area contributed by atoms with Crippen LogP contribution in [-0.2, 0) is 6.54 Å². The Hall–Kier alpha value is -2.69. The monoisotopic (exact) mass is 339 g/mol. The maximum atomic E-state index is 12.9. The van der Waals surface area contributed by atoms with Crippen LogP contribution in [0.4, 0.5) is 0 Å². The first-order valence-corrected chi connectivity index (χ1v) is 8.50. The third kappa shape index (κ3) is 4.89. The molecule has 0 atom stereocenters. The van der Waals surface area contributed by atoms with Crippen molar-refractivity contribution in [2.45, 2.75) is 33.2 Å². The first-order chi connectivity index (χ1) is 12.1. The molecule has 132 valence electrons. The van der Waals surface area contributed by atoms with Crippen LogP contribution < -0.4 is 4.74 Å². The van der Waals surface area contributed by atoms with E-state index in [4.69, 9.17) is 4.74 Å². The Morgan fingerprint density at radius 3 is 2.76 bits per heavy atom. The third-order valence-corrected chi connectivity index (χ3v) is 3.77. The fourth-order valence-electron chi connectivity index (χ4n) is 2.39. The van der Waals surface area contributed by atoms with Gasteiger partial charge in [0.05, 0.1) is 0 Å². The van der Waals surface area contributed by atoms with E-state index in [9.17, 15) is 4.79 Å². The molecule has 0 spiro atoms. The van der Waals surface area contributed by atoms with Crippen LogP contribution in [0.3, 0.4) is 0 Å². The number of para-hydroxylation sites is 1. The van der Waals surface area contributed by atoms with Gasteiger partial charge in [0.25, 0.3) is 5.91 Å². The predicted molar refractivity (Wildman–Crippen MR) is 98.7 cm³/mol. The molecular weight excluding hydrogens is 314 g/mol. The molecule has 0 N–H and O–H groups in total. The highest BCUT2D eigenvalue weighted by molar-refractivity contribution is 5.92. The molecule has 1 aromatic carbocycles. The van der Waals surface area contributed by atoms with Gasteiger partial charge in [-0.2, -0.15) is 0 Å². The van der Waals surface area contributed by atoms with Gasteiger partial charge in [-0.15, -0.1) is 0 Å². The largest absolute Gasteiger partial charge is 0.489 e. The Bertz CT molecular complexity index is 728. The molecule has 0 unspecified atom stereocenters. The van der Waals surface area contributed by atoms with Crippen molar-refractivity contribution in [3.8, 4) is 5.75 Å². The molecule has 0 aliphatic heterocycles. The van der Waals surface area contributed by atoms with Gasteiger partial charge in [0.15, 0.2) is 0 Å². The summed E-state index contributed by atoms with van der Waals surface area (Å²) < 4.78 is 5.69. The summed E-state index contributed by atoms with van der Waals surface area (Å²) in [7, 11) is 0. The summed E-state index contributed by atoms with van der Waals surface area (Å²) >= 11 is 0. The van der Waals surface area contributed by atoms with E-state index in [1.165, 1.54) is 0 Å². The number of carbonyl (C=O) groups is 1. The Balaban J connectivity index is 2.21. The fourth-order valence-corrected chi connectivity index (χ4v) is 2.39. The zero-order chi connectivity index (χ0) is 18.2. The number of benzene rings is 1. The highest BCUT2D eigenvalue weighted by Gasteiger charge is 2.18. The van der Waals surface area contributed by atoms with Gasteiger partial charge < -0.3 is 9.64 Å². The fraction of sp³-hybridized carbons (Fsp3) is 0.350. The highest BCUT2D eigenvalue weighted by atomic mass is 16.5. The number of nitrogens with zero attached hydrogens (tertiary/aromatic N) is 3. The SMILES string of the molecule is C=CCOc1ccccc1CN(CC)C(=O)c1ccnc(C(C)C)n1. The summed E-state index contributed by atoms with van der Waals surface area (Å²) in [5, 5.41) is 0. The Labute approximate surface area is 149 Å². The smallest absolute Gasteiger partial charge is 0.272 e. The minimum absolute atomic E-state index is 0.106. The summed E-state index contributed by atoms with van der Waals surface area (Å²) in [6.45, 7) is 11.1. The Morgan fingerprint density at radius 2 is 2.08 bits per heavy atom. The summed E-state index contributed by atoms with van der Waals surface area (Å²) in [6, 6.07) is 9.39. The maximum Gasteiger partial charge on any atom is 0.272 e. The van der Waals surface area contributed by atoms with Gasteiger partial charge in [-0.25, -0.2) is 9.97 Å². The van der Waals surface area contributed by atoms with E-state index >= 15 is 0 Å².